The van der Waals surface area contributed by atoms with Crippen molar-refractivity contribution in [1.29, 1.82) is 0 Å². The van der Waals surface area contributed by atoms with Gasteiger partial charge in [0.15, 0.2) is 0 Å². The van der Waals surface area contributed by atoms with Gasteiger partial charge in [0.25, 0.3) is 5.91 Å². The van der Waals surface area contributed by atoms with E-state index in [4.69, 9.17) is 0 Å². The Balaban J connectivity index is 1.79. The Labute approximate surface area is 139 Å². The summed E-state index contributed by atoms with van der Waals surface area (Å²) in [7, 11) is 0. The van der Waals surface area contributed by atoms with Gasteiger partial charge in [0.2, 0.25) is 5.43 Å². The van der Waals surface area contributed by atoms with Crippen molar-refractivity contribution in [2.45, 2.75) is 26.8 Å². The molecule has 0 spiro atoms. The lowest BCUT2D eigenvalue weighted by molar-refractivity contribution is 0.102. The first-order chi connectivity index (χ1) is 11.5. The lowest BCUT2D eigenvalue weighted by atomic mass is 10.1. The van der Waals surface area contributed by atoms with Crippen molar-refractivity contribution in [2.24, 2.45) is 0 Å². The number of aromatic nitrogens is 1. The second kappa shape index (κ2) is 5.34. The molecule has 0 bridgehead atoms. The van der Waals surface area contributed by atoms with E-state index in [9.17, 15) is 9.59 Å². The Morgan fingerprint density at radius 2 is 2.00 bits per heavy atom. The van der Waals surface area contributed by atoms with Gasteiger partial charge in [-0.1, -0.05) is 29.8 Å². The topological polar surface area (TPSA) is 51.1 Å². The summed E-state index contributed by atoms with van der Waals surface area (Å²) in [6, 6.07) is 11.6. The molecule has 1 N–H and O–H groups in total. The number of carbonyl (C=O) groups excluding carboxylic acids is 1. The molecule has 24 heavy (non-hydrogen) atoms. The summed E-state index contributed by atoms with van der Waals surface area (Å²) < 4.78 is 2.02. The van der Waals surface area contributed by atoms with Crippen molar-refractivity contribution in [1.82, 2.24) is 4.57 Å². The van der Waals surface area contributed by atoms with Crippen LogP contribution in [0.4, 0.5) is 5.69 Å². The number of pyridine rings is 1. The van der Waals surface area contributed by atoms with Crippen LogP contribution in [-0.4, -0.2) is 10.5 Å². The van der Waals surface area contributed by atoms with Crippen LogP contribution in [0, 0.1) is 13.8 Å². The van der Waals surface area contributed by atoms with E-state index in [1.54, 1.807) is 12.3 Å². The number of amides is 1. The summed E-state index contributed by atoms with van der Waals surface area (Å²) in [4.78, 5) is 25.4. The molecule has 4 rings (SSSR count). The van der Waals surface area contributed by atoms with Crippen LogP contribution in [0.5, 0.6) is 0 Å². The molecular formula is C20H18N2O2. The number of benzene rings is 2. The third-order valence-electron chi connectivity index (χ3n) is 4.68. The summed E-state index contributed by atoms with van der Waals surface area (Å²) in [6.07, 6.45) is 2.60. The van der Waals surface area contributed by atoms with Crippen LogP contribution in [0.2, 0.25) is 0 Å². The minimum absolute atomic E-state index is 0.196. The zero-order valence-corrected chi connectivity index (χ0v) is 13.7. The quantitative estimate of drug-likeness (QED) is 0.787. The van der Waals surface area contributed by atoms with Crippen LogP contribution >= 0.6 is 0 Å². The van der Waals surface area contributed by atoms with Crippen molar-refractivity contribution >= 4 is 22.5 Å². The second-order valence-corrected chi connectivity index (χ2v) is 6.40. The number of hydrogen-bond donors (Lipinski definition) is 1. The van der Waals surface area contributed by atoms with E-state index < -0.39 is 0 Å². The first-order valence-corrected chi connectivity index (χ1v) is 8.08. The van der Waals surface area contributed by atoms with E-state index in [0.717, 1.165) is 35.3 Å². The molecule has 2 heterocycles. The Morgan fingerprint density at radius 1 is 1.17 bits per heavy atom. The molecule has 1 aliphatic heterocycles. The Bertz CT molecular complexity index is 1050. The number of nitrogens with one attached hydrogen (secondary N) is 1. The maximum Gasteiger partial charge on any atom is 0.261 e. The van der Waals surface area contributed by atoms with E-state index in [1.165, 1.54) is 5.56 Å². The largest absolute Gasteiger partial charge is 0.346 e. The maximum absolute atomic E-state index is 12.8. The summed E-state index contributed by atoms with van der Waals surface area (Å²) in [6.45, 7) is 4.76. The molecule has 1 aliphatic rings. The predicted molar refractivity (Wildman–Crippen MR) is 95.8 cm³/mol. The molecule has 1 aromatic heterocycles. The van der Waals surface area contributed by atoms with Crippen molar-refractivity contribution in [3.8, 4) is 0 Å². The van der Waals surface area contributed by atoms with Gasteiger partial charge in [0.1, 0.15) is 5.56 Å². The SMILES string of the molecule is Cc1ccc(NC(=O)c2cn3c4c(cccc4c2=O)CC3)c(C)c1. The van der Waals surface area contributed by atoms with E-state index in [1.807, 2.05) is 48.7 Å². The Hall–Kier alpha value is -2.88. The van der Waals surface area contributed by atoms with Gasteiger partial charge >= 0.3 is 0 Å². The number of hydrogen-bond acceptors (Lipinski definition) is 2. The molecule has 0 saturated carbocycles. The highest BCUT2D eigenvalue weighted by Gasteiger charge is 2.20. The lowest BCUT2D eigenvalue weighted by Crippen LogP contribution is -2.23. The van der Waals surface area contributed by atoms with Gasteiger partial charge in [-0.15, -0.1) is 0 Å². The summed E-state index contributed by atoms with van der Waals surface area (Å²) in [5.41, 5.74) is 4.98. The second-order valence-electron chi connectivity index (χ2n) is 6.40. The Kier molecular flexibility index (Phi) is 3.27. The van der Waals surface area contributed by atoms with E-state index in [2.05, 4.69) is 5.32 Å². The van der Waals surface area contributed by atoms with E-state index in [-0.39, 0.29) is 16.9 Å². The fraction of sp³-hybridized carbons (Fsp3) is 0.200. The summed E-state index contributed by atoms with van der Waals surface area (Å²) in [5, 5.41) is 3.50. The van der Waals surface area contributed by atoms with Crippen LogP contribution in [-0.2, 0) is 13.0 Å². The molecule has 3 aromatic rings. The minimum Gasteiger partial charge on any atom is -0.346 e. The van der Waals surface area contributed by atoms with Crippen molar-refractivity contribution in [3.05, 3.63) is 75.1 Å². The normalized spacial score (nSPS) is 12.6. The fourth-order valence-electron chi connectivity index (χ4n) is 3.46. The lowest BCUT2D eigenvalue weighted by Gasteiger charge is -2.11. The van der Waals surface area contributed by atoms with Crippen molar-refractivity contribution in [3.63, 3.8) is 0 Å². The van der Waals surface area contributed by atoms with Gasteiger partial charge in [0.05, 0.1) is 5.52 Å². The fourth-order valence-corrected chi connectivity index (χ4v) is 3.46. The van der Waals surface area contributed by atoms with Crippen molar-refractivity contribution < 1.29 is 4.79 Å². The monoisotopic (exact) mass is 318 g/mol. The third kappa shape index (κ3) is 2.22. The number of nitrogens with zero attached hydrogens (tertiary/aromatic N) is 1. The number of rotatable bonds is 2. The number of anilines is 1. The van der Waals surface area contributed by atoms with Crippen LogP contribution in [0.25, 0.3) is 10.9 Å². The predicted octanol–water partition coefficient (Wildman–Crippen LogP) is 3.43. The molecule has 0 atom stereocenters. The number of para-hydroxylation sites is 1. The van der Waals surface area contributed by atoms with Crippen molar-refractivity contribution in [2.75, 3.05) is 5.32 Å². The molecule has 0 unspecified atom stereocenters. The first kappa shape index (κ1) is 14.7. The summed E-state index contributed by atoms with van der Waals surface area (Å²) in [5.74, 6) is -0.352. The molecular weight excluding hydrogens is 300 g/mol. The molecule has 0 radical (unpaired) electrons. The standard InChI is InChI=1S/C20H18N2O2/c1-12-6-7-17(13(2)10-12)21-20(24)16-11-22-9-8-14-4-3-5-15(18(14)22)19(16)23/h3-7,10-11H,8-9H2,1-2H3,(H,21,24). The highest BCUT2D eigenvalue weighted by molar-refractivity contribution is 6.06. The van der Waals surface area contributed by atoms with E-state index >= 15 is 0 Å². The van der Waals surface area contributed by atoms with Crippen LogP contribution in [0.1, 0.15) is 27.0 Å². The zero-order valence-electron chi connectivity index (χ0n) is 13.7. The van der Waals surface area contributed by atoms with Crippen LogP contribution < -0.4 is 10.7 Å². The molecule has 1 amide bonds. The average molecular weight is 318 g/mol. The molecule has 120 valence electrons. The molecule has 0 saturated heterocycles. The molecule has 2 aromatic carbocycles. The molecule has 0 fully saturated rings. The smallest absolute Gasteiger partial charge is 0.261 e. The van der Waals surface area contributed by atoms with E-state index in [0.29, 0.717) is 5.39 Å². The first-order valence-electron chi connectivity index (χ1n) is 8.08. The maximum atomic E-state index is 12.8. The number of aryl methyl sites for hydroxylation is 4. The zero-order chi connectivity index (χ0) is 16.8. The Morgan fingerprint density at radius 3 is 2.79 bits per heavy atom. The van der Waals surface area contributed by atoms with Gasteiger partial charge in [-0.25, -0.2) is 0 Å². The van der Waals surface area contributed by atoms with Gasteiger partial charge in [0, 0.05) is 23.8 Å². The van der Waals surface area contributed by atoms with Crippen LogP contribution in [0.15, 0.2) is 47.4 Å². The third-order valence-corrected chi connectivity index (χ3v) is 4.68. The number of carbonyl (C=O) groups is 1. The van der Waals surface area contributed by atoms with Gasteiger partial charge in [-0.2, -0.15) is 0 Å². The van der Waals surface area contributed by atoms with Gasteiger partial charge in [-0.3, -0.25) is 9.59 Å². The highest BCUT2D eigenvalue weighted by Crippen LogP contribution is 2.24. The van der Waals surface area contributed by atoms with Gasteiger partial charge in [-0.05, 0) is 43.5 Å². The van der Waals surface area contributed by atoms with Gasteiger partial charge < -0.3 is 9.88 Å². The molecule has 4 nitrogen and oxygen atoms in total. The van der Waals surface area contributed by atoms with Crippen LogP contribution in [0.3, 0.4) is 0 Å². The highest BCUT2D eigenvalue weighted by atomic mass is 16.2. The molecule has 4 heteroatoms. The minimum atomic E-state index is -0.352. The summed E-state index contributed by atoms with van der Waals surface area (Å²) >= 11 is 0. The molecule has 0 aliphatic carbocycles. The average Bonchev–Trinajstić information content (AvgIpc) is 2.97.